The molecule has 2 fully saturated rings. The molecule has 1 aliphatic heterocycles. The van der Waals surface area contributed by atoms with Crippen LogP contribution in [0.3, 0.4) is 0 Å². The third kappa shape index (κ3) is 1.77. The summed E-state index contributed by atoms with van der Waals surface area (Å²) in [5, 5.41) is 0. The highest BCUT2D eigenvalue weighted by Gasteiger charge is 2.64. The molecule has 0 aromatic rings. The van der Waals surface area contributed by atoms with Crippen molar-refractivity contribution in [1.29, 1.82) is 0 Å². The van der Waals surface area contributed by atoms with Crippen LogP contribution in [0.5, 0.6) is 0 Å². The number of carbonyl (C=O) groups is 2. The highest BCUT2D eigenvalue weighted by molar-refractivity contribution is 5.98. The molecule has 0 aromatic heterocycles. The summed E-state index contributed by atoms with van der Waals surface area (Å²) < 4.78 is 5.38. The number of rotatable bonds is 2. The number of hydrogen-bond acceptors (Lipinski definition) is 3. The van der Waals surface area contributed by atoms with Gasteiger partial charge in [-0.3, -0.25) is 9.59 Å². The van der Waals surface area contributed by atoms with E-state index >= 15 is 0 Å². The lowest BCUT2D eigenvalue weighted by molar-refractivity contribution is -0.141. The predicted molar refractivity (Wildman–Crippen MR) is 64.6 cm³/mol. The van der Waals surface area contributed by atoms with Crippen molar-refractivity contribution < 1.29 is 14.3 Å². The average molecular weight is 236 g/mol. The van der Waals surface area contributed by atoms with Gasteiger partial charge in [-0.2, -0.15) is 0 Å². The minimum Gasteiger partial charge on any atom is -0.361 e. The normalized spacial score (nSPS) is 39.9. The maximum Gasteiger partial charge on any atom is 0.177 e. The first-order valence-electron chi connectivity index (χ1n) is 6.12. The molecule has 2 aliphatic rings. The number of epoxide rings is 1. The first-order valence-corrected chi connectivity index (χ1v) is 6.12. The lowest BCUT2D eigenvalue weighted by atomic mass is 9.55. The van der Waals surface area contributed by atoms with E-state index < -0.39 is 11.0 Å². The molecule has 0 amide bonds. The number of ether oxygens (including phenoxy) is 1. The molecule has 0 N–H and O–H groups in total. The number of carbonyl (C=O) groups excluding carboxylic acids is 2. The number of hydrogen-bond donors (Lipinski definition) is 0. The fourth-order valence-corrected chi connectivity index (χ4v) is 2.62. The van der Waals surface area contributed by atoms with Crippen molar-refractivity contribution in [2.75, 3.05) is 6.61 Å². The molecule has 2 rings (SSSR count). The standard InChI is InChI=1S/C14H20O3/c1-10(15)5-6-13(4)11(16)14(9-17-14)8-7-12(13,2)3/h5-6H,7-9H2,1-4H3/b6-5+/t13-,14-/m1/s1. The summed E-state index contributed by atoms with van der Waals surface area (Å²) in [5.74, 6) is 0.116. The van der Waals surface area contributed by atoms with Gasteiger partial charge < -0.3 is 4.74 Å². The third-order valence-electron chi connectivity index (χ3n) is 4.59. The molecular formula is C14H20O3. The number of allylic oxidation sites excluding steroid dienone is 2. The molecule has 17 heavy (non-hydrogen) atoms. The second-order valence-electron chi connectivity index (χ2n) is 6.14. The van der Waals surface area contributed by atoms with E-state index in [2.05, 4.69) is 13.8 Å². The maximum atomic E-state index is 12.6. The maximum absolute atomic E-state index is 12.6. The minimum absolute atomic E-state index is 0.0221. The number of Topliss-reactive ketones (excluding diaryl/α,β-unsaturated/α-hetero) is 1. The first kappa shape index (κ1) is 12.5. The molecule has 3 nitrogen and oxygen atoms in total. The highest BCUT2D eigenvalue weighted by atomic mass is 16.6. The molecule has 1 spiro atoms. The van der Waals surface area contributed by atoms with Crippen LogP contribution in [-0.4, -0.2) is 23.8 Å². The SMILES string of the molecule is CC(=O)/C=C/[C@]1(C)C(=O)[C@@]2(CCC1(C)C)CO2. The lowest BCUT2D eigenvalue weighted by Crippen LogP contribution is -2.52. The van der Waals surface area contributed by atoms with Crippen LogP contribution >= 0.6 is 0 Å². The van der Waals surface area contributed by atoms with Gasteiger partial charge in [0.25, 0.3) is 0 Å². The Morgan fingerprint density at radius 2 is 1.88 bits per heavy atom. The Balaban J connectivity index is 2.37. The third-order valence-corrected chi connectivity index (χ3v) is 4.59. The second-order valence-corrected chi connectivity index (χ2v) is 6.14. The van der Waals surface area contributed by atoms with Gasteiger partial charge in [-0.25, -0.2) is 0 Å². The summed E-state index contributed by atoms with van der Waals surface area (Å²) in [6, 6.07) is 0. The fraction of sp³-hybridized carbons (Fsp3) is 0.714. The van der Waals surface area contributed by atoms with Crippen molar-refractivity contribution in [3.63, 3.8) is 0 Å². The van der Waals surface area contributed by atoms with Gasteiger partial charge in [-0.05, 0) is 38.2 Å². The summed E-state index contributed by atoms with van der Waals surface area (Å²) in [4.78, 5) is 23.7. The molecule has 2 atom stereocenters. The molecule has 0 unspecified atom stereocenters. The van der Waals surface area contributed by atoms with Gasteiger partial charge in [0, 0.05) is 0 Å². The molecule has 0 bridgehead atoms. The molecule has 1 saturated carbocycles. The molecule has 94 valence electrons. The van der Waals surface area contributed by atoms with Gasteiger partial charge in [0.15, 0.2) is 17.2 Å². The summed E-state index contributed by atoms with van der Waals surface area (Å²) >= 11 is 0. The highest BCUT2D eigenvalue weighted by Crippen LogP contribution is 2.56. The van der Waals surface area contributed by atoms with Gasteiger partial charge in [0.2, 0.25) is 0 Å². The van der Waals surface area contributed by atoms with E-state index in [9.17, 15) is 9.59 Å². The van der Waals surface area contributed by atoms with Crippen LogP contribution in [0.15, 0.2) is 12.2 Å². The zero-order valence-electron chi connectivity index (χ0n) is 11.0. The Labute approximate surface area is 102 Å². The van der Waals surface area contributed by atoms with Crippen LogP contribution in [0.1, 0.15) is 40.5 Å². The largest absolute Gasteiger partial charge is 0.361 e. The molecule has 0 radical (unpaired) electrons. The van der Waals surface area contributed by atoms with Gasteiger partial charge in [-0.15, -0.1) is 0 Å². The van der Waals surface area contributed by atoms with Gasteiger partial charge >= 0.3 is 0 Å². The summed E-state index contributed by atoms with van der Waals surface area (Å²) in [6.45, 7) is 8.15. The number of ketones is 2. The van der Waals surface area contributed by atoms with Crippen molar-refractivity contribution >= 4 is 11.6 Å². The molecular weight excluding hydrogens is 216 g/mol. The van der Waals surface area contributed by atoms with Gasteiger partial charge in [-0.1, -0.05) is 19.9 Å². The molecule has 1 heterocycles. The monoisotopic (exact) mass is 236 g/mol. The van der Waals surface area contributed by atoms with Crippen LogP contribution in [-0.2, 0) is 14.3 Å². The molecule has 1 saturated heterocycles. The van der Waals surface area contributed by atoms with Gasteiger partial charge in [0.1, 0.15) is 0 Å². The van der Waals surface area contributed by atoms with E-state index in [0.717, 1.165) is 12.8 Å². The van der Waals surface area contributed by atoms with E-state index in [-0.39, 0.29) is 17.0 Å². The minimum atomic E-state index is -0.604. The van der Waals surface area contributed by atoms with Crippen LogP contribution in [0.2, 0.25) is 0 Å². The Morgan fingerprint density at radius 3 is 2.35 bits per heavy atom. The van der Waals surface area contributed by atoms with Crippen LogP contribution in [0, 0.1) is 10.8 Å². The topological polar surface area (TPSA) is 46.7 Å². The van der Waals surface area contributed by atoms with E-state index in [1.165, 1.54) is 13.0 Å². The average Bonchev–Trinajstić information content (AvgIpc) is 3.01. The van der Waals surface area contributed by atoms with Crippen molar-refractivity contribution in [3.8, 4) is 0 Å². The molecule has 3 heteroatoms. The second kappa shape index (κ2) is 3.52. The summed E-state index contributed by atoms with van der Waals surface area (Å²) in [5.41, 5.74) is -1.27. The van der Waals surface area contributed by atoms with E-state index in [1.54, 1.807) is 6.08 Å². The van der Waals surface area contributed by atoms with E-state index in [0.29, 0.717) is 6.61 Å². The molecule has 0 aromatic carbocycles. The molecule has 1 aliphatic carbocycles. The Hall–Kier alpha value is -0.960. The van der Waals surface area contributed by atoms with Crippen LogP contribution in [0.4, 0.5) is 0 Å². The van der Waals surface area contributed by atoms with Gasteiger partial charge in [0.05, 0.1) is 12.0 Å². The zero-order valence-corrected chi connectivity index (χ0v) is 11.0. The summed E-state index contributed by atoms with van der Waals surface area (Å²) in [7, 11) is 0. The lowest BCUT2D eigenvalue weighted by Gasteiger charge is -2.46. The van der Waals surface area contributed by atoms with Crippen molar-refractivity contribution in [1.82, 2.24) is 0 Å². The fourth-order valence-electron chi connectivity index (χ4n) is 2.62. The van der Waals surface area contributed by atoms with Crippen LogP contribution in [0.25, 0.3) is 0 Å². The van der Waals surface area contributed by atoms with Crippen molar-refractivity contribution in [2.45, 2.75) is 46.1 Å². The quantitative estimate of drug-likeness (QED) is 0.546. The summed E-state index contributed by atoms with van der Waals surface area (Å²) in [6.07, 6.45) is 5.04. The van der Waals surface area contributed by atoms with Crippen LogP contribution < -0.4 is 0 Å². The Morgan fingerprint density at radius 1 is 1.29 bits per heavy atom. The van der Waals surface area contributed by atoms with E-state index in [4.69, 9.17) is 4.74 Å². The van der Waals surface area contributed by atoms with Crippen molar-refractivity contribution in [3.05, 3.63) is 12.2 Å². The first-order chi connectivity index (χ1) is 7.74. The predicted octanol–water partition coefficient (Wildman–Crippen LogP) is 2.30. The smallest absolute Gasteiger partial charge is 0.177 e. The zero-order chi connectivity index (χ0) is 12.9. The van der Waals surface area contributed by atoms with E-state index in [1.807, 2.05) is 6.92 Å². The Kier molecular flexibility index (Phi) is 2.58. The van der Waals surface area contributed by atoms with Crippen molar-refractivity contribution in [2.24, 2.45) is 10.8 Å². The Bertz CT molecular complexity index is 402.